The molecule has 0 saturated heterocycles. The highest BCUT2D eigenvalue weighted by molar-refractivity contribution is 7.28. The van der Waals surface area contributed by atoms with E-state index in [2.05, 4.69) is 45.3 Å². The van der Waals surface area contributed by atoms with Gasteiger partial charge in [-0.25, -0.2) is 13.8 Å². The maximum absolute atomic E-state index is 15.0. The van der Waals surface area contributed by atoms with Gasteiger partial charge in [-0.05, 0) is 83.3 Å². The number of anilines is 1. The van der Waals surface area contributed by atoms with Crippen LogP contribution in [0.5, 0.6) is 0 Å². The van der Waals surface area contributed by atoms with E-state index < -0.39 is 17.5 Å². The van der Waals surface area contributed by atoms with Crippen molar-refractivity contribution in [2.75, 3.05) is 12.4 Å². The number of ether oxygens (including phenoxy) is 1. The molecule has 2 heterocycles. The van der Waals surface area contributed by atoms with E-state index in [9.17, 15) is 13.6 Å². The standard InChI is InChI=1S/C29H35F2N4O2P/c1-15(2)26-16(3)9-18(12-22(26)32)19-7-8-33-13-24(19)35-29(36)23-6-5-20(30)28(34-23)27-21(31)10-17(14-37-4)11-25(27)38/h5-8,10-11,13,15-16,18,22,26H,9,12,14,32,38H2,1-4H3,(H,35,36). The second-order valence-electron chi connectivity index (χ2n) is 10.5. The fraction of sp³-hybridized carbons (Fsp3) is 0.414. The molecule has 4 rings (SSSR count). The number of benzene rings is 1. The van der Waals surface area contributed by atoms with Crippen LogP contribution in [-0.4, -0.2) is 29.0 Å². The smallest absolute Gasteiger partial charge is 0.274 e. The number of halogens is 2. The van der Waals surface area contributed by atoms with Crippen LogP contribution in [0.15, 0.2) is 42.7 Å². The summed E-state index contributed by atoms with van der Waals surface area (Å²) in [7, 11) is 3.91. The number of aromatic nitrogens is 2. The average molecular weight is 541 g/mol. The summed E-state index contributed by atoms with van der Waals surface area (Å²) in [6, 6.07) is 7.35. The average Bonchev–Trinajstić information content (AvgIpc) is 2.84. The Bertz CT molecular complexity index is 1280. The van der Waals surface area contributed by atoms with E-state index in [1.165, 1.54) is 19.2 Å². The van der Waals surface area contributed by atoms with Crippen LogP contribution in [0.4, 0.5) is 14.5 Å². The molecule has 9 heteroatoms. The summed E-state index contributed by atoms with van der Waals surface area (Å²) in [5.74, 6) is -0.355. The van der Waals surface area contributed by atoms with E-state index in [1.54, 1.807) is 18.5 Å². The van der Waals surface area contributed by atoms with Crippen LogP contribution in [0, 0.1) is 29.4 Å². The molecule has 38 heavy (non-hydrogen) atoms. The normalized spacial score (nSPS) is 21.5. The maximum atomic E-state index is 15.0. The number of nitrogens with one attached hydrogen (secondary N) is 1. The van der Waals surface area contributed by atoms with Crippen LogP contribution in [0.1, 0.15) is 61.1 Å². The molecule has 1 saturated carbocycles. The Balaban J connectivity index is 1.61. The van der Waals surface area contributed by atoms with Gasteiger partial charge in [0.15, 0.2) is 0 Å². The van der Waals surface area contributed by atoms with Crippen molar-refractivity contribution in [3.63, 3.8) is 0 Å². The zero-order chi connectivity index (χ0) is 27.6. The largest absolute Gasteiger partial charge is 0.380 e. The van der Waals surface area contributed by atoms with Gasteiger partial charge in [-0.15, -0.1) is 9.24 Å². The van der Waals surface area contributed by atoms with Crippen LogP contribution in [0.2, 0.25) is 0 Å². The molecule has 6 nitrogen and oxygen atoms in total. The molecule has 5 atom stereocenters. The number of amides is 1. The van der Waals surface area contributed by atoms with Crippen molar-refractivity contribution in [2.24, 2.45) is 23.5 Å². The first-order valence-corrected chi connectivity index (χ1v) is 13.4. The second kappa shape index (κ2) is 11.9. The fourth-order valence-electron chi connectivity index (χ4n) is 6.00. The summed E-state index contributed by atoms with van der Waals surface area (Å²) in [6.45, 7) is 6.88. The van der Waals surface area contributed by atoms with Gasteiger partial charge in [-0.1, -0.05) is 20.8 Å². The van der Waals surface area contributed by atoms with Crippen LogP contribution in [0.25, 0.3) is 11.3 Å². The summed E-state index contributed by atoms with van der Waals surface area (Å²) in [4.78, 5) is 21.7. The van der Waals surface area contributed by atoms with Gasteiger partial charge in [0, 0.05) is 24.9 Å². The molecule has 0 spiro atoms. The van der Waals surface area contributed by atoms with E-state index in [4.69, 9.17) is 10.5 Å². The number of nitrogens with zero attached hydrogens (tertiary/aromatic N) is 2. The zero-order valence-electron chi connectivity index (χ0n) is 22.2. The molecule has 0 aliphatic heterocycles. The molecule has 0 radical (unpaired) electrons. The molecule has 3 aromatic rings. The van der Waals surface area contributed by atoms with Gasteiger partial charge in [0.25, 0.3) is 5.91 Å². The topological polar surface area (TPSA) is 90.1 Å². The van der Waals surface area contributed by atoms with Gasteiger partial charge in [0.2, 0.25) is 0 Å². The summed E-state index contributed by atoms with van der Waals surface area (Å²) in [5, 5.41) is 3.31. The highest BCUT2D eigenvalue weighted by Crippen LogP contribution is 2.43. The minimum atomic E-state index is -0.726. The van der Waals surface area contributed by atoms with Crippen molar-refractivity contribution in [3.8, 4) is 11.3 Å². The number of methoxy groups -OCH3 is 1. The number of carbonyl (C=O) groups is 1. The molecule has 1 aliphatic rings. The number of pyridine rings is 2. The number of hydrogen-bond donors (Lipinski definition) is 2. The van der Waals surface area contributed by atoms with E-state index in [1.807, 2.05) is 6.07 Å². The number of carbonyl (C=O) groups excluding carboxylic acids is 1. The molecule has 1 fully saturated rings. The molecule has 1 amide bonds. The Hall–Kier alpha value is -2.80. The van der Waals surface area contributed by atoms with Crippen molar-refractivity contribution < 1.29 is 18.3 Å². The van der Waals surface area contributed by atoms with E-state index in [0.29, 0.717) is 34.3 Å². The SMILES string of the molecule is COCc1cc(F)c(-c2nc(C(=O)Nc3cnccc3C3CC(C)C(C(C)C)C(N)C3)ccc2F)c(P)c1. The first-order chi connectivity index (χ1) is 18.1. The number of nitrogens with two attached hydrogens (primary N) is 1. The number of hydrogen-bond acceptors (Lipinski definition) is 5. The molecule has 5 unspecified atom stereocenters. The fourth-order valence-corrected chi connectivity index (χ4v) is 6.49. The first kappa shape index (κ1) is 28.2. The lowest BCUT2D eigenvalue weighted by molar-refractivity contribution is 0.102. The lowest BCUT2D eigenvalue weighted by Crippen LogP contribution is -2.43. The van der Waals surface area contributed by atoms with Gasteiger partial charge < -0.3 is 15.8 Å². The Labute approximate surface area is 225 Å². The van der Waals surface area contributed by atoms with E-state index in [-0.39, 0.29) is 35.5 Å². The lowest BCUT2D eigenvalue weighted by Gasteiger charge is -2.41. The summed E-state index contributed by atoms with van der Waals surface area (Å²) in [5.41, 5.74) is 8.44. The van der Waals surface area contributed by atoms with Crippen molar-refractivity contribution >= 4 is 26.1 Å². The highest BCUT2D eigenvalue weighted by atomic mass is 31.0. The first-order valence-electron chi connectivity index (χ1n) is 12.8. The van der Waals surface area contributed by atoms with Crippen molar-refractivity contribution in [2.45, 2.75) is 52.2 Å². The van der Waals surface area contributed by atoms with Crippen LogP contribution >= 0.6 is 9.24 Å². The Morgan fingerprint density at radius 2 is 1.97 bits per heavy atom. The Kier molecular flexibility index (Phi) is 8.86. The van der Waals surface area contributed by atoms with Gasteiger partial charge in [-0.3, -0.25) is 9.78 Å². The van der Waals surface area contributed by atoms with E-state index in [0.717, 1.165) is 24.5 Å². The molecule has 0 bridgehead atoms. The third-order valence-electron chi connectivity index (χ3n) is 7.48. The third-order valence-corrected chi connectivity index (χ3v) is 7.94. The molecular weight excluding hydrogens is 505 g/mol. The molecule has 3 N–H and O–H groups in total. The van der Waals surface area contributed by atoms with Crippen LogP contribution in [0.3, 0.4) is 0 Å². The molecule has 2 aromatic heterocycles. The quantitative estimate of drug-likeness (QED) is 0.390. The summed E-state index contributed by atoms with van der Waals surface area (Å²) in [6.07, 6.45) is 5.09. The Morgan fingerprint density at radius 1 is 1.21 bits per heavy atom. The summed E-state index contributed by atoms with van der Waals surface area (Å²) >= 11 is 0. The van der Waals surface area contributed by atoms with Gasteiger partial charge in [-0.2, -0.15) is 0 Å². The summed E-state index contributed by atoms with van der Waals surface area (Å²) < 4.78 is 34.9. The van der Waals surface area contributed by atoms with Crippen molar-refractivity contribution in [1.82, 2.24) is 9.97 Å². The minimum Gasteiger partial charge on any atom is -0.380 e. The van der Waals surface area contributed by atoms with Crippen LogP contribution in [-0.2, 0) is 11.3 Å². The molecular formula is C29H35F2N4O2P. The maximum Gasteiger partial charge on any atom is 0.274 e. The number of rotatable bonds is 7. The molecule has 1 aromatic carbocycles. The van der Waals surface area contributed by atoms with E-state index >= 15 is 0 Å². The minimum absolute atomic E-state index is 0.0195. The third kappa shape index (κ3) is 5.93. The lowest BCUT2D eigenvalue weighted by atomic mass is 9.66. The van der Waals surface area contributed by atoms with Gasteiger partial charge >= 0.3 is 0 Å². The van der Waals surface area contributed by atoms with Gasteiger partial charge in [0.05, 0.1) is 18.5 Å². The predicted octanol–water partition coefficient (Wildman–Crippen LogP) is 5.43. The Morgan fingerprint density at radius 3 is 2.63 bits per heavy atom. The molecule has 202 valence electrons. The van der Waals surface area contributed by atoms with Crippen LogP contribution < -0.4 is 16.4 Å². The second-order valence-corrected chi connectivity index (χ2v) is 11.2. The van der Waals surface area contributed by atoms with Crippen molar-refractivity contribution in [1.29, 1.82) is 0 Å². The highest BCUT2D eigenvalue weighted by Gasteiger charge is 2.36. The zero-order valence-corrected chi connectivity index (χ0v) is 23.3. The van der Waals surface area contributed by atoms with Gasteiger partial charge in [0.1, 0.15) is 23.0 Å². The predicted molar refractivity (Wildman–Crippen MR) is 149 cm³/mol. The monoisotopic (exact) mass is 540 g/mol. The van der Waals surface area contributed by atoms with Crippen molar-refractivity contribution in [3.05, 3.63) is 71.2 Å². The molecule has 1 aliphatic carbocycles.